The van der Waals surface area contributed by atoms with Gasteiger partial charge in [-0.25, -0.2) is 23.1 Å². The standard InChI is InChI=1S/C29H34F2N6O11/c1-2-46-28(45)48-35-12-10-34(11-13-35)26(42)19(8-9-24(39)40)32-25(41)20-14-23(37(33-20)18-6-4-3-5-7-18)47-16-22(38)36-17-29(30,31)15-21(36)27(43)44/h3-7,14,19,21H,2,8-13,15-17H2,1H3,(H,32,41)(H,39,40)(H,43,44)/t19-,21-/m0/s1. The molecule has 2 aliphatic heterocycles. The third-order valence-corrected chi connectivity index (χ3v) is 7.40. The number of nitrogens with zero attached hydrogens (tertiary/aromatic N) is 5. The van der Waals surface area contributed by atoms with Crippen molar-refractivity contribution in [2.24, 2.45) is 0 Å². The summed E-state index contributed by atoms with van der Waals surface area (Å²) >= 11 is 0. The third kappa shape index (κ3) is 9.14. The molecule has 2 aromatic rings. The zero-order valence-electron chi connectivity index (χ0n) is 25.8. The Morgan fingerprint density at radius 3 is 2.38 bits per heavy atom. The highest BCUT2D eigenvalue weighted by molar-refractivity contribution is 5.96. The Balaban J connectivity index is 1.49. The molecule has 17 nitrogen and oxygen atoms in total. The van der Waals surface area contributed by atoms with E-state index in [2.05, 4.69) is 10.4 Å². The van der Waals surface area contributed by atoms with Crippen LogP contribution in [0, 0.1) is 0 Å². The monoisotopic (exact) mass is 680 g/mol. The quantitative estimate of drug-likeness (QED) is 0.250. The Morgan fingerprint density at radius 1 is 1.06 bits per heavy atom. The van der Waals surface area contributed by atoms with Crippen molar-refractivity contribution in [2.45, 2.75) is 44.2 Å². The molecule has 3 heterocycles. The molecule has 2 fully saturated rings. The molecule has 260 valence electrons. The fourth-order valence-electron chi connectivity index (χ4n) is 5.08. The van der Waals surface area contributed by atoms with Crippen LogP contribution in [0.3, 0.4) is 0 Å². The highest BCUT2D eigenvalue weighted by Gasteiger charge is 2.50. The van der Waals surface area contributed by atoms with Gasteiger partial charge in [-0.2, -0.15) is 5.10 Å². The van der Waals surface area contributed by atoms with Crippen LogP contribution in [-0.4, -0.2) is 135 Å². The Labute approximate surface area is 271 Å². The van der Waals surface area contributed by atoms with Gasteiger partial charge in [-0.15, -0.1) is 5.06 Å². The number of carboxylic acid groups (broad SMARTS) is 2. The molecule has 0 unspecified atom stereocenters. The minimum absolute atomic E-state index is 0.0953. The van der Waals surface area contributed by atoms with Gasteiger partial charge >= 0.3 is 18.1 Å². The second-order valence-corrected chi connectivity index (χ2v) is 10.8. The first-order valence-electron chi connectivity index (χ1n) is 14.9. The van der Waals surface area contributed by atoms with Gasteiger partial charge < -0.3 is 39.6 Å². The van der Waals surface area contributed by atoms with Crippen LogP contribution >= 0.6 is 0 Å². The van der Waals surface area contributed by atoms with Crippen molar-refractivity contribution in [3.05, 3.63) is 42.1 Å². The molecular formula is C29H34F2N6O11. The minimum Gasteiger partial charge on any atom is -0.481 e. The summed E-state index contributed by atoms with van der Waals surface area (Å²) in [5.41, 5.74) is 0.0785. The van der Waals surface area contributed by atoms with E-state index in [-0.39, 0.29) is 50.8 Å². The molecule has 4 rings (SSSR count). The van der Waals surface area contributed by atoms with Crippen LogP contribution in [0.25, 0.3) is 5.69 Å². The maximum atomic E-state index is 13.9. The Morgan fingerprint density at radius 2 is 1.75 bits per heavy atom. The molecule has 48 heavy (non-hydrogen) atoms. The number of carbonyl (C=O) groups is 6. The maximum absolute atomic E-state index is 13.9. The number of aliphatic carboxylic acids is 2. The van der Waals surface area contributed by atoms with Crippen molar-refractivity contribution in [1.29, 1.82) is 0 Å². The maximum Gasteiger partial charge on any atom is 0.527 e. The van der Waals surface area contributed by atoms with E-state index in [1.165, 1.54) is 9.96 Å². The van der Waals surface area contributed by atoms with Crippen molar-refractivity contribution in [1.82, 2.24) is 30.0 Å². The predicted octanol–water partition coefficient (Wildman–Crippen LogP) is 0.767. The highest BCUT2D eigenvalue weighted by atomic mass is 19.3. The predicted molar refractivity (Wildman–Crippen MR) is 156 cm³/mol. The zero-order valence-corrected chi connectivity index (χ0v) is 25.8. The van der Waals surface area contributed by atoms with Crippen LogP contribution in [-0.2, 0) is 28.8 Å². The van der Waals surface area contributed by atoms with Gasteiger partial charge in [0, 0.05) is 32.0 Å². The molecular weight excluding hydrogens is 646 g/mol. The fraction of sp³-hybridized carbons (Fsp3) is 0.483. The number of alkyl halides is 2. The SMILES string of the molecule is CCOC(=O)ON1CCN(C(=O)[C@H](CCC(=O)O)NC(=O)c2cc(OCC(=O)N3CC(F)(F)C[C@H]3C(=O)O)n(-c3ccccc3)n2)CC1. The van der Waals surface area contributed by atoms with Crippen molar-refractivity contribution < 1.29 is 62.1 Å². The number of rotatable bonds is 13. The Kier molecular flexibility index (Phi) is 11.5. The first-order valence-corrected chi connectivity index (χ1v) is 14.9. The summed E-state index contributed by atoms with van der Waals surface area (Å²) in [4.78, 5) is 80.9. The lowest BCUT2D eigenvalue weighted by Crippen LogP contribution is -2.55. The molecule has 2 aliphatic rings. The summed E-state index contributed by atoms with van der Waals surface area (Å²) in [6.07, 6.45) is -2.65. The van der Waals surface area contributed by atoms with Crippen LogP contribution in [0.15, 0.2) is 36.4 Å². The molecule has 3 amide bonds. The molecule has 19 heteroatoms. The first kappa shape index (κ1) is 35.5. The molecule has 1 aromatic heterocycles. The molecule has 0 aliphatic carbocycles. The lowest BCUT2D eigenvalue weighted by molar-refractivity contribution is -0.157. The number of hydrogen-bond acceptors (Lipinski definition) is 11. The van der Waals surface area contributed by atoms with Crippen molar-refractivity contribution >= 4 is 35.8 Å². The lowest BCUT2D eigenvalue weighted by Gasteiger charge is -2.35. The van der Waals surface area contributed by atoms with Gasteiger partial charge in [0.15, 0.2) is 12.3 Å². The van der Waals surface area contributed by atoms with E-state index in [1.54, 1.807) is 37.3 Å². The van der Waals surface area contributed by atoms with E-state index in [4.69, 9.17) is 14.3 Å². The molecule has 1 aromatic carbocycles. The summed E-state index contributed by atoms with van der Waals surface area (Å²) < 4.78 is 39.3. The van der Waals surface area contributed by atoms with Crippen LogP contribution in [0.4, 0.5) is 13.6 Å². The minimum atomic E-state index is -3.39. The third-order valence-electron chi connectivity index (χ3n) is 7.40. The number of halogens is 2. The van der Waals surface area contributed by atoms with E-state index >= 15 is 0 Å². The number of amides is 3. The van der Waals surface area contributed by atoms with Crippen molar-refractivity contribution in [3.63, 3.8) is 0 Å². The summed E-state index contributed by atoms with van der Waals surface area (Å²) in [5, 5.41) is 26.6. The number of benzene rings is 1. The van der Waals surface area contributed by atoms with E-state index < -0.39 is 79.8 Å². The number of hydrogen-bond donors (Lipinski definition) is 3. The van der Waals surface area contributed by atoms with Gasteiger partial charge in [0.2, 0.25) is 11.8 Å². The van der Waals surface area contributed by atoms with Crippen molar-refractivity contribution in [2.75, 3.05) is 45.9 Å². The Bertz CT molecular complexity index is 1510. The van der Waals surface area contributed by atoms with Crippen molar-refractivity contribution in [3.8, 4) is 11.6 Å². The first-order chi connectivity index (χ1) is 22.8. The number of carbonyl (C=O) groups excluding carboxylic acids is 4. The second kappa shape index (κ2) is 15.5. The highest BCUT2D eigenvalue weighted by Crippen LogP contribution is 2.32. The molecule has 0 saturated carbocycles. The number of aromatic nitrogens is 2. The number of ether oxygens (including phenoxy) is 2. The molecule has 2 saturated heterocycles. The van der Waals surface area contributed by atoms with E-state index in [1.807, 2.05) is 0 Å². The Hall–Kier alpha value is -5.33. The zero-order chi connectivity index (χ0) is 35.0. The average Bonchev–Trinajstić information content (AvgIpc) is 3.63. The normalized spacial score (nSPS) is 18.1. The second-order valence-electron chi connectivity index (χ2n) is 10.8. The number of para-hydroxylation sites is 1. The van der Waals surface area contributed by atoms with E-state index in [9.17, 15) is 47.8 Å². The molecule has 0 radical (unpaired) electrons. The van der Waals surface area contributed by atoms with Gasteiger partial charge in [-0.1, -0.05) is 18.2 Å². The van der Waals surface area contributed by atoms with Crippen LogP contribution in [0.5, 0.6) is 5.88 Å². The van der Waals surface area contributed by atoms with Crippen LogP contribution in [0.1, 0.15) is 36.7 Å². The summed E-state index contributed by atoms with van der Waals surface area (Å²) in [6, 6.07) is 6.28. The number of hydroxylamine groups is 2. The topological polar surface area (TPSA) is 210 Å². The van der Waals surface area contributed by atoms with Gasteiger partial charge in [0.05, 0.1) is 31.9 Å². The fourth-order valence-corrected chi connectivity index (χ4v) is 5.08. The lowest BCUT2D eigenvalue weighted by atomic mass is 10.1. The van der Waals surface area contributed by atoms with Gasteiger partial charge in [0.25, 0.3) is 17.7 Å². The number of nitrogens with one attached hydrogen (secondary N) is 1. The average molecular weight is 681 g/mol. The van der Waals surface area contributed by atoms with E-state index in [0.29, 0.717) is 10.6 Å². The largest absolute Gasteiger partial charge is 0.527 e. The number of likely N-dealkylation sites (tertiary alicyclic amines) is 1. The molecule has 0 bridgehead atoms. The number of piperazine rings is 1. The van der Waals surface area contributed by atoms with Gasteiger partial charge in [-0.05, 0) is 25.5 Å². The van der Waals surface area contributed by atoms with Crippen LogP contribution in [0.2, 0.25) is 0 Å². The molecule has 3 N–H and O–H groups in total. The smallest absolute Gasteiger partial charge is 0.481 e. The summed E-state index contributed by atoms with van der Waals surface area (Å²) in [6.45, 7) is 0.229. The van der Waals surface area contributed by atoms with Gasteiger partial charge in [0.1, 0.15) is 12.1 Å². The molecule has 2 atom stereocenters. The van der Waals surface area contributed by atoms with E-state index in [0.717, 1.165) is 10.7 Å². The molecule has 0 spiro atoms. The summed E-state index contributed by atoms with van der Waals surface area (Å²) in [7, 11) is 0. The number of carboxylic acids is 2. The van der Waals surface area contributed by atoms with Gasteiger partial charge in [-0.3, -0.25) is 19.2 Å². The van der Waals surface area contributed by atoms with Crippen LogP contribution < -0.4 is 10.1 Å². The summed E-state index contributed by atoms with van der Waals surface area (Å²) in [5.74, 6) is -8.87.